The van der Waals surface area contributed by atoms with Gasteiger partial charge in [-0.2, -0.15) is 0 Å². The van der Waals surface area contributed by atoms with Gasteiger partial charge in [0, 0.05) is 0 Å². The second kappa shape index (κ2) is 16.4. The monoisotopic (exact) mass is 634 g/mol. The number of benzene rings is 6. The molecule has 0 amide bonds. The van der Waals surface area contributed by atoms with E-state index in [0.29, 0.717) is 0 Å². The maximum atomic E-state index is 6.30. The second-order valence-electron chi connectivity index (χ2n) is 12.0. The number of methoxy groups -OCH3 is 2. The fraction of sp³-hybridized carbons (Fsp3) is 0.182. The van der Waals surface area contributed by atoms with Crippen LogP contribution in [-0.4, -0.2) is 14.2 Å². The van der Waals surface area contributed by atoms with Crippen molar-refractivity contribution in [2.24, 2.45) is 0 Å². The number of hydrogen-bond donors (Lipinski definition) is 0. The highest BCUT2D eigenvalue weighted by molar-refractivity contribution is 5.39. The van der Waals surface area contributed by atoms with Gasteiger partial charge in [-0.25, -0.2) is 0 Å². The minimum atomic E-state index is 0.851. The first kappa shape index (κ1) is 32.5. The Kier molecular flexibility index (Phi) is 11.1. The number of aryl methyl sites for hydroxylation is 6. The van der Waals surface area contributed by atoms with Crippen LogP contribution in [0.4, 0.5) is 0 Å². The highest BCUT2D eigenvalue weighted by atomic mass is 16.5. The molecule has 6 aromatic rings. The summed E-state index contributed by atoms with van der Waals surface area (Å²) in [5, 5.41) is 0. The van der Waals surface area contributed by atoms with Crippen molar-refractivity contribution in [2.75, 3.05) is 14.2 Å². The predicted molar refractivity (Wildman–Crippen MR) is 194 cm³/mol. The average molecular weight is 635 g/mol. The fourth-order valence-electron chi connectivity index (χ4n) is 5.78. The van der Waals surface area contributed by atoms with E-state index >= 15 is 0 Å². The van der Waals surface area contributed by atoms with E-state index in [1.54, 1.807) is 14.2 Å². The van der Waals surface area contributed by atoms with Gasteiger partial charge in [0.1, 0.15) is 34.5 Å². The number of ether oxygens (including phenoxy) is 4. The fourth-order valence-corrected chi connectivity index (χ4v) is 5.78. The van der Waals surface area contributed by atoms with E-state index in [0.717, 1.165) is 73.0 Å². The Bertz CT molecular complexity index is 1750. The summed E-state index contributed by atoms with van der Waals surface area (Å²) in [5.41, 5.74) is 7.55. The lowest BCUT2D eigenvalue weighted by atomic mass is 10.0. The van der Waals surface area contributed by atoms with Crippen LogP contribution in [-0.2, 0) is 38.5 Å². The molecule has 0 aliphatic heterocycles. The zero-order chi connectivity index (χ0) is 33.0. The standard InChI is InChI=1S/C44H42O4/c1-45-39-25-21-33(22-26-39)15-17-35-7-3-11-41(29-35)47-43-13-5-9-37(31-43)19-20-38-10-6-14-44(32-38)48-42-12-4-8-36(30-42)18-16-34-23-27-40(46-2)28-24-34/h3-14,21-32H,15-20H2,1-2H3. The van der Waals surface area contributed by atoms with Gasteiger partial charge in [-0.15, -0.1) is 0 Å². The van der Waals surface area contributed by atoms with Crippen molar-refractivity contribution in [3.8, 4) is 34.5 Å². The molecule has 0 aromatic heterocycles. The van der Waals surface area contributed by atoms with Gasteiger partial charge in [-0.1, -0.05) is 72.8 Å². The molecule has 0 spiro atoms. The molecule has 0 saturated carbocycles. The highest BCUT2D eigenvalue weighted by Crippen LogP contribution is 2.27. The highest BCUT2D eigenvalue weighted by Gasteiger charge is 2.06. The molecule has 48 heavy (non-hydrogen) atoms. The van der Waals surface area contributed by atoms with Crippen molar-refractivity contribution in [3.05, 3.63) is 179 Å². The Morgan fingerprint density at radius 2 is 0.562 bits per heavy atom. The molecule has 4 heteroatoms. The van der Waals surface area contributed by atoms with Crippen molar-refractivity contribution in [3.63, 3.8) is 0 Å². The first-order valence-corrected chi connectivity index (χ1v) is 16.6. The van der Waals surface area contributed by atoms with Gasteiger partial charge in [0.25, 0.3) is 0 Å². The van der Waals surface area contributed by atoms with Gasteiger partial charge in [-0.05, 0) is 145 Å². The molecule has 0 fully saturated rings. The summed E-state index contributed by atoms with van der Waals surface area (Å²) in [5.74, 6) is 5.18. The first-order chi connectivity index (χ1) is 23.6. The summed E-state index contributed by atoms with van der Waals surface area (Å²) in [6.45, 7) is 0. The Hall–Kier alpha value is -5.48. The SMILES string of the molecule is COc1ccc(CCc2cccc(Oc3cccc(CCc4cccc(Oc5cccc(CCc6ccc(OC)cc6)c5)c4)c3)c2)cc1. The minimum absolute atomic E-state index is 0.851. The Morgan fingerprint density at radius 3 is 0.833 bits per heavy atom. The van der Waals surface area contributed by atoms with E-state index in [2.05, 4.69) is 97.1 Å². The molecule has 0 atom stereocenters. The molecule has 0 aliphatic rings. The van der Waals surface area contributed by atoms with Crippen LogP contribution in [0.5, 0.6) is 34.5 Å². The lowest BCUT2D eigenvalue weighted by molar-refractivity contribution is 0.414. The van der Waals surface area contributed by atoms with Crippen LogP contribution in [0.25, 0.3) is 0 Å². The van der Waals surface area contributed by atoms with E-state index < -0.39 is 0 Å². The predicted octanol–water partition coefficient (Wildman–Crippen LogP) is 10.6. The lowest BCUT2D eigenvalue weighted by Gasteiger charge is -2.11. The topological polar surface area (TPSA) is 36.9 Å². The second-order valence-corrected chi connectivity index (χ2v) is 12.0. The van der Waals surface area contributed by atoms with Crippen molar-refractivity contribution < 1.29 is 18.9 Å². The molecular weight excluding hydrogens is 592 g/mol. The summed E-state index contributed by atoms with van der Waals surface area (Å²) in [7, 11) is 3.39. The lowest BCUT2D eigenvalue weighted by Crippen LogP contribution is -1.95. The van der Waals surface area contributed by atoms with Gasteiger partial charge in [0.05, 0.1) is 14.2 Å². The third-order valence-corrected chi connectivity index (χ3v) is 8.49. The molecule has 0 unspecified atom stereocenters. The zero-order valence-corrected chi connectivity index (χ0v) is 27.7. The molecule has 0 heterocycles. The van der Waals surface area contributed by atoms with E-state index in [1.165, 1.54) is 33.4 Å². The molecule has 0 radical (unpaired) electrons. The number of rotatable bonds is 15. The van der Waals surface area contributed by atoms with E-state index in [-0.39, 0.29) is 0 Å². The summed E-state index contributed by atoms with van der Waals surface area (Å²) < 4.78 is 23.1. The van der Waals surface area contributed by atoms with Crippen LogP contribution in [0.1, 0.15) is 33.4 Å². The third kappa shape index (κ3) is 9.52. The van der Waals surface area contributed by atoms with Gasteiger partial charge >= 0.3 is 0 Å². The number of hydrogen-bond acceptors (Lipinski definition) is 4. The third-order valence-electron chi connectivity index (χ3n) is 8.49. The van der Waals surface area contributed by atoms with Gasteiger partial charge in [0.2, 0.25) is 0 Å². The quantitative estimate of drug-likeness (QED) is 0.113. The maximum absolute atomic E-state index is 6.30. The zero-order valence-electron chi connectivity index (χ0n) is 27.7. The van der Waals surface area contributed by atoms with Gasteiger partial charge < -0.3 is 18.9 Å². The van der Waals surface area contributed by atoms with Crippen LogP contribution in [0.2, 0.25) is 0 Å². The molecule has 0 bridgehead atoms. The molecule has 242 valence electrons. The van der Waals surface area contributed by atoms with Crippen LogP contribution in [0.15, 0.2) is 146 Å². The van der Waals surface area contributed by atoms with Crippen LogP contribution in [0, 0.1) is 0 Å². The van der Waals surface area contributed by atoms with Gasteiger partial charge in [-0.3, -0.25) is 0 Å². The van der Waals surface area contributed by atoms with E-state index in [4.69, 9.17) is 18.9 Å². The van der Waals surface area contributed by atoms with Crippen LogP contribution < -0.4 is 18.9 Å². The average Bonchev–Trinajstić information content (AvgIpc) is 3.13. The Balaban J connectivity index is 1.01. The van der Waals surface area contributed by atoms with Crippen LogP contribution >= 0.6 is 0 Å². The molecule has 0 aliphatic carbocycles. The van der Waals surface area contributed by atoms with E-state index in [1.807, 2.05) is 48.5 Å². The molecule has 4 nitrogen and oxygen atoms in total. The van der Waals surface area contributed by atoms with Crippen molar-refractivity contribution in [1.82, 2.24) is 0 Å². The normalized spacial score (nSPS) is 10.8. The van der Waals surface area contributed by atoms with Crippen LogP contribution in [0.3, 0.4) is 0 Å². The summed E-state index contributed by atoms with van der Waals surface area (Å²) in [4.78, 5) is 0. The first-order valence-electron chi connectivity index (χ1n) is 16.6. The van der Waals surface area contributed by atoms with Gasteiger partial charge in [0.15, 0.2) is 0 Å². The van der Waals surface area contributed by atoms with Crippen molar-refractivity contribution in [2.45, 2.75) is 38.5 Å². The maximum Gasteiger partial charge on any atom is 0.127 e. The largest absolute Gasteiger partial charge is 0.497 e. The van der Waals surface area contributed by atoms with Crippen molar-refractivity contribution >= 4 is 0 Å². The Morgan fingerprint density at radius 1 is 0.292 bits per heavy atom. The van der Waals surface area contributed by atoms with E-state index in [9.17, 15) is 0 Å². The summed E-state index contributed by atoms with van der Waals surface area (Å²) in [6.07, 6.45) is 5.64. The summed E-state index contributed by atoms with van der Waals surface area (Å²) in [6, 6.07) is 50.1. The molecule has 6 aromatic carbocycles. The molecule has 0 N–H and O–H groups in total. The Labute approximate surface area is 284 Å². The minimum Gasteiger partial charge on any atom is -0.497 e. The molecular formula is C44H42O4. The summed E-state index contributed by atoms with van der Waals surface area (Å²) >= 11 is 0. The molecule has 0 saturated heterocycles. The molecule has 6 rings (SSSR count). The van der Waals surface area contributed by atoms with Crippen molar-refractivity contribution in [1.29, 1.82) is 0 Å². The smallest absolute Gasteiger partial charge is 0.127 e.